The van der Waals surface area contributed by atoms with Crippen LogP contribution in [0.5, 0.6) is 0 Å². The average molecular weight is 634 g/mol. The highest BCUT2D eigenvalue weighted by Gasteiger charge is 2.35. The number of benzene rings is 2. The molecule has 12 nitrogen and oxygen atoms in total. The molecule has 2 amide bonds. The molecule has 1 saturated heterocycles. The summed E-state index contributed by atoms with van der Waals surface area (Å²) < 4.78 is 0. The first kappa shape index (κ1) is 32.3. The number of H-pyrrole nitrogens is 2. The van der Waals surface area contributed by atoms with Gasteiger partial charge in [0.05, 0.1) is 22.8 Å². The van der Waals surface area contributed by atoms with Gasteiger partial charge >= 0.3 is 5.69 Å². The highest BCUT2D eigenvalue weighted by Crippen LogP contribution is 2.32. The lowest BCUT2D eigenvalue weighted by molar-refractivity contribution is -0.130. The number of nitrogens with two attached hydrogens (primary N) is 2. The summed E-state index contributed by atoms with van der Waals surface area (Å²) in [5.41, 5.74) is 16.2. The number of fused-ring (bicyclic) bond motifs is 1. The molecule has 45 heavy (non-hydrogen) atoms. The number of carbonyl (C=O) groups is 2. The third-order valence-electron chi connectivity index (χ3n) is 8.80. The van der Waals surface area contributed by atoms with E-state index in [2.05, 4.69) is 30.2 Å². The first-order valence-corrected chi connectivity index (χ1v) is 15.3. The van der Waals surface area contributed by atoms with Crippen LogP contribution in [0, 0.1) is 11.8 Å². The van der Waals surface area contributed by atoms with Gasteiger partial charge in [0.15, 0.2) is 0 Å². The van der Waals surface area contributed by atoms with E-state index in [1.165, 1.54) is 4.90 Å². The zero-order valence-electron chi connectivity index (χ0n) is 25.1. The molecule has 0 radical (unpaired) electrons. The molecule has 6 rings (SSSR count). The van der Waals surface area contributed by atoms with Crippen molar-refractivity contribution in [2.24, 2.45) is 23.3 Å². The number of carbonyl (C=O) groups excluding carboxylic acids is 2. The van der Waals surface area contributed by atoms with Gasteiger partial charge in [0.1, 0.15) is 0 Å². The van der Waals surface area contributed by atoms with E-state index >= 15 is 0 Å². The number of rotatable bonds is 8. The lowest BCUT2D eigenvalue weighted by Crippen LogP contribution is -2.50. The van der Waals surface area contributed by atoms with Gasteiger partial charge in [-0.1, -0.05) is 24.3 Å². The number of amides is 2. The Labute approximate surface area is 267 Å². The lowest BCUT2D eigenvalue weighted by atomic mass is 9.81. The van der Waals surface area contributed by atoms with Crippen molar-refractivity contribution in [1.29, 1.82) is 0 Å². The molecule has 7 N–H and O–H groups in total. The summed E-state index contributed by atoms with van der Waals surface area (Å²) in [6.45, 7) is 4.14. The summed E-state index contributed by atoms with van der Waals surface area (Å²) in [5.74, 6) is 0.0447. The van der Waals surface area contributed by atoms with Gasteiger partial charge < -0.3 is 31.7 Å². The number of aromatic amines is 2. The van der Waals surface area contributed by atoms with Gasteiger partial charge in [-0.15, -0.1) is 12.4 Å². The van der Waals surface area contributed by atoms with Crippen LogP contribution in [0.4, 0.5) is 11.6 Å². The van der Waals surface area contributed by atoms with Crippen LogP contribution in [0.3, 0.4) is 0 Å². The van der Waals surface area contributed by atoms with E-state index in [0.29, 0.717) is 48.0 Å². The maximum absolute atomic E-state index is 14.0. The van der Waals surface area contributed by atoms with Crippen LogP contribution in [0.25, 0.3) is 22.2 Å². The highest BCUT2D eigenvalue weighted by atomic mass is 35.5. The van der Waals surface area contributed by atoms with Crippen molar-refractivity contribution < 1.29 is 9.59 Å². The van der Waals surface area contributed by atoms with Crippen molar-refractivity contribution in [2.45, 2.75) is 38.1 Å². The molecule has 2 aliphatic rings. The van der Waals surface area contributed by atoms with E-state index in [9.17, 15) is 14.4 Å². The first-order chi connectivity index (χ1) is 21.4. The minimum absolute atomic E-state index is 0. The molecule has 2 aromatic carbocycles. The molecule has 13 heteroatoms. The van der Waals surface area contributed by atoms with Crippen LogP contribution in [0.15, 0.2) is 59.7 Å². The number of anilines is 2. The normalized spacial score (nSPS) is 19.1. The SMILES string of the molecule is Cl.NCC1CCC(C(=O)N(C(=O)[C@@H](N)Cc2cccc(-c3cnc(N4CCNCC4)nc3)c2)c2ccc3[nH]c(=O)[nH]c3c2)CC1. The third-order valence-corrected chi connectivity index (χ3v) is 8.80. The second-order valence-electron chi connectivity index (χ2n) is 11.8. The van der Waals surface area contributed by atoms with E-state index in [1.807, 2.05) is 36.7 Å². The Morgan fingerprint density at radius 1 is 0.956 bits per heavy atom. The second-order valence-corrected chi connectivity index (χ2v) is 11.8. The molecule has 1 aliphatic heterocycles. The van der Waals surface area contributed by atoms with Crippen molar-refractivity contribution in [2.75, 3.05) is 42.5 Å². The average Bonchev–Trinajstić information content (AvgIpc) is 3.44. The van der Waals surface area contributed by atoms with E-state index < -0.39 is 11.9 Å². The molecular formula is C32H40ClN9O3. The zero-order chi connectivity index (χ0) is 30.6. The van der Waals surface area contributed by atoms with Crippen LogP contribution in [-0.2, 0) is 16.0 Å². The fraction of sp³-hybridized carbons (Fsp3) is 0.406. The van der Waals surface area contributed by atoms with Crippen LogP contribution >= 0.6 is 12.4 Å². The van der Waals surface area contributed by atoms with E-state index in [4.69, 9.17) is 11.5 Å². The molecule has 0 unspecified atom stereocenters. The van der Waals surface area contributed by atoms with Crippen molar-refractivity contribution >= 4 is 46.9 Å². The van der Waals surface area contributed by atoms with E-state index in [-0.39, 0.29) is 36.3 Å². The standard InChI is InChI=1S/C32H39N9O3.ClH/c33-17-20-4-6-22(7-5-20)29(42)41(25-8-9-27-28(16-25)39-32(44)38-27)30(43)26(34)15-21-2-1-3-23(14-21)24-18-36-31(37-19-24)40-12-10-35-11-13-40;/h1-3,8-9,14,16,18-20,22,26,35H,4-7,10-13,15,17,33-34H2,(H2,38,39,44);1H/t20?,22?,26-;/m0./s1. The van der Waals surface area contributed by atoms with Gasteiger partial charge in [0.2, 0.25) is 11.9 Å². The molecule has 0 spiro atoms. The summed E-state index contributed by atoms with van der Waals surface area (Å²) in [7, 11) is 0. The Morgan fingerprint density at radius 3 is 2.38 bits per heavy atom. The predicted molar refractivity (Wildman–Crippen MR) is 177 cm³/mol. The summed E-state index contributed by atoms with van der Waals surface area (Å²) in [6.07, 6.45) is 6.89. The van der Waals surface area contributed by atoms with Crippen LogP contribution in [0.2, 0.25) is 0 Å². The number of aromatic nitrogens is 4. The number of imidazole rings is 1. The molecule has 2 aromatic heterocycles. The number of nitrogens with one attached hydrogen (secondary N) is 3. The molecule has 238 valence electrons. The van der Waals surface area contributed by atoms with Gasteiger partial charge in [0.25, 0.3) is 5.91 Å². The topological polar surface area (TPSA) is 179 Å². The summed E-state index contributed by atoms with van der Waals surface area (Å²) in [6, 6.07) is 11.8. The molecule has 4 aromatic rings. The van der Waals surface area contributed by atoms with E-state index in [1.54, 1.807) is 18.2 Å². The molecule has 1 aliphatic carbocycles. The monoisotopic (exact) mass is 633 g/mol. The van der Waals surface area contributed by atoms with Crippen molar-refractivity contribution in [1.82, 2.24) is 25.3 Å². The van der Waals surface area contributed by atoms with Crippen LogP contribution < -0.4 is 32.3 Å². The third kappa shape index (κ3) is 7.25. The second kappa shape index (κ2) is 14.3. The maximum atomic E-state index is 14.0. The molecule has 1 atom stereocenters. The number of hydrogen-bond acceptors (Lipinski definition) is 9. The molecule has 0 bridgehead atoms. The number of hydrogen-bond donors (Lipinski definition) is 5. The van der Waals surface area contributed by atoms with E-state index in [0.717, 1.165) is 55.7 Å². The van der Waals surface area contributed by atoms with Crippen LogP contribution in [-0.4, -0.2) is 70.5 Å². The fourth-order valence-electron chi connectivity index (χ4n) is 6.23. The first-order valence-electron chi connectivity index (χ1n) is 15.3. The van der Waals surface area contributed by atoms with Gasteiger partial charge in [0, 0.05) is 50.1 Å². The summed E-state index contributed by atoms with van der Waals surface area (Å²) in [4.78, 5) is 57.8. The Bertz CT molecular complexity index is 1680. The maximum Gasteiger partial charge on any atom is 0.323 e. The zero-order valence-corrected chi connectivity index (χ0v) is 25.9. The van der Waals surface area contributed by atoms with Gasteiger partial charge in [-0.3, -0.25) is 9.59 Å². The summed E-state index contributed by atoms with van der Waals surface area (Å²) in [5, 5.41) is 3.33. The minimum atomic E-state index is -0.970. The number of piperazine rings is 1. The van der Waals surface area contributed by atoms with Crippen LogP contribution in [0.1, 0.15) is 31.2 Å². The Balaban J connectivity index is 0.00000400. The van der Waals surface area contributed by atoms with Crippen molar-refractivity contribution in [3.63, 3.8) is 0 Å². The fourth-order valence-corrected chi connectivity index (χ4v) is 6.23. The van der Waals surface area contributed by atoms with Crippen molar-refractivity contribution in [3.8, 4) is 11.1 Å². The van der Waals surface area contributed by atoms with Gasteiger partial charge in [-0.25, -0.2) is 19.7 Å². The molecule has 3 heterocycles. The Hall–Kier alpha value is -4.10. The number of halogens is 1. The Kier molecular flexibility index (Phi) is 10.3. The number of imide groups is 1. The largest absolute Gasteiger partial charge is 0.338 e. The molecular weight excluding hydrogens is 594 g/mol. The van der Waals surface area contributed by atoms with Gasteiger partial charge in [-0.2, -0.15) is 0 Å². The number of nitrogens with zero attached hydrogens (tertiary/aromatic N) is 4. The predicted octanol–water partition coefficient (Wildman–Crippen LogP) is 2.34. The Morgan fingerprint density at radius 2 is 1.67 bits per heavy atom. The minimum Gasteiger partial charge on any atom is -0.338 e. The smallest absolute Gasteiger partial charge is 0.323 e. The molecule has 1 saturated carbocycles. The summed E-state index contributed by atoms with van der Waals surface area (Å²) >= 11 is 0. The molecule has 2 fully saturated rings. The van der Waals surface area contributed by atoms with Gasteiger partial charge in [-0.05, 0) is 73.9 Å². The highest BCUT2D eigenvalue weighted by molar-refractivity contribution is 6.17. The van der Waals surface area contributed by atoms with Crippen molar-refractivity contribution in [3.05, 3.63) is 70.9 Å². The lowest BCUT2D eigenvalue weighted by Gasteiger charge is -2.32. The quantitative estimate of drug-likeness (QED) is 0.195.